The Morgan fingerprint density at radius 1 is 1.46 bits per heavy atom. The molecule has 1 fully saturated rings. The molecule has 1 aliphatic carbocycles. The molecule has 0 atom stereocenters. The first-order valence-corrected chi connectivity index (χ1v) is 8.97. The number of hydrogen-bond acceptors (Lipinski definition) is 3. The lowest BCUT2D eigenvalue weighted by molar-refractivity contribution is -0.122. The molecule has 0 aliphatic heterocycles. The summed E-state index contributed by atoms with van der Waals surface area (Å²) in [6.07, 6.45) is 6.67. The molecule has 2 heterocycles. The van der Waals surface area contributed by atoms with Crippen LogP contribution < -0.4 is 0 Å². The maximum Gasteiger partial charge on any atom is 0.135 e. The standard InChI is InChI=1S/C12H13ClN2.C7H14O2/c1-8-12(9-3-2-4-9)11-7-10(13)5-6-15(11)14-8;1-4-6(8)5-7(2,3)9/h5-7,9H,2-4H2,1H3;9H,4-5H2,1-3H3. The maximum atomic E-state index is 10.7. The van der Waals surface area contributed by atoms with E-state index in [0.29, 0.717) is 12.3 Å². The lowest BCUT2D eigenvalue weighted by Gasteiger charge is -2.25. The lowest BCUT2D eigenvalue weighted by atomic mass is 9.79. The average Bonchev–Trinajstić information content (AvgIpc) is 2.73. The molecular weight excluding hydrogens is 324 g/mol. The Bertz CT molecular complexity index is 712. The van der Waals surface area contributed by atoms with Gasteiger partial charge in [-0.3, -0.25) is 4.79 Å². The molecule has 3 rings (SSSR count). The third-order valence-electron chi connectivity index (χ3n) is 4.36. The fourth-order valence-corrected chi connectivity index (χ4v) is 3.12. The van der Waals surface area contributed by atoms with Gasteiger partial charge in [0.05, 0.1) is 16.8 Å². The smallest absolute Gasteiger partial charge is 0.135 e. The van der Waals surface area contributed by atoms with E-state index < -0.39 is 5.60 Å². The van der Waals surface area contributed by atoms with Gasteiger partial charge < -0.3 is 5.11 Å². The van der Waals surface area contributed by atoms with Gasteiger partial charge in [-0.2, -0.15) is 5.10 Å². The second-order valence-electron chi connectivity index (χ2n) is 7.18. The zero-order valence-corrected chi connectivity index (χ0v) is 15.7. The molecule has 1 N–H and O–H groups in total. The van der Waals surface area contributed by atoms with Crippen LogP contribution in [0.1, 0.15) is 70.1 Å². The SMILES string of the molecule is CCC(=O)CC(C)(C)O.Cc1nn2ccc(Cl)cc2c1C1CCC1. The summed E-state index contributed by atoms with van der Waals surface area (Å²) in [6, 6.07) is 3.90. The van der Waals surface area contributed by atoms with Crippen molar-refractivity contribution in [3.05, 3.63) is 34.6 Å². The number of rotatable bonds is 4. The van der Waals surface area contributed by atoms with Gasteiger partial charge in [-0.1, -0.05) is 24.9 Å². The van der Waals surface area contributed by atoms with Crippen LogP contribution in [0, 0.1) is 6.92 Å². The van der Waals surface area contributed by atoms with Crippen LogP contribution in [0.15, 0.2) is 18.3 Å². The van der Waals surface area contributed by atoms with Crippen LogP contribution in [0.25, 0.3) is 5.52 Å². The Morgan fingerprint density at radius 2 is 2.12 bits per heavy atom. The summed E-state index contributed by atoms with van der Waals surface area (Å²) in [6.45, 7) is 7.17. The number of halogens is 1. The van der Waals surface area contributed by atoms with E-state index in [0.717, 1.165) is 10.7 Å². The summed E-state index contributed by atoms with van der Waals surface area (Å²) in [7, 11) is 0. The molecule has 0 bridgehead atoms. The normalized spacial score (nSPS) is 14.9. The Hall–Kier alpha value is -1.39. The van der Waals surface area contributed by atoms with E-state index in [2.05, 4.69) is 12.0 Å². The van der Waals surface area contributed by atoms with Crippen molar-refractivity contribution in [2.45, 2.75) is 71.3 Å². The number of aliphatic hydroxyl groups is 1. The van der Waals surface area contributed by atoms with E-state index >= 15 is 0 Å². The fraction of sp³-hybridized carbons (Fsp3) is 0.579. The predicted octanol–water partition coefficient (Wildman–Crippen LogP) is 4.69. The number of carbonyl (C=O) groups is 1. The highest BCUT2D eigenvalue weighted by Gasteiger charge is 2.25. The average molecular weight is 351 g/mol. The van der Waals surface area contributed by atoms with Crippen LogP contribution >= 0.6 is 11.6 Å². The van der Waals surface area contributed by atoms with Crippen molar-refractivity contribution < 1.29 is 9.90 Å². The zero-order valence-electron chi connectivity index (χ0n) is 15.0. The van der Waals surface area contributed by atoms with Crippen LogP contribution in [0.2, 0.25) is 5.02 Å². The van der Waals surface area contributed by atoms with Crippen molar-refractivity contribution in [3.63, 3.8) is 0 Å². The summed E-state index contributed by atoms with van der Waals surface area (Å²) in [5, 5.41) is 14.4. The van der Waals surface area contributed by atoms with Gasteiger partial charge in [-0.05, 0) is 51.7 Å². The van der Waals surface area contributed by atoms with Gasteiger partial charge in [0.1, 0.15) is 5.78 Å². The van der Waals surface area contributed by atoms with Gasteiger partial charge in [0.15, 0.2) is 0 Å². The van der Waals surface area contributed by atoms with E-state index in [1.807, 2.05) is 22.8 Å². The molecule has 132 valence electrons. The van der Waals surface area contributed by atoms with Crippen LogP contribution in [-0.4, -0.2) is 26.1 Å². The lowest BCUT2D eigenvalue weighted by Crippen LogP contribution is -2.22. The largest absolute Gasteiger partial charge is 0.390 e. The molecule has 24 heavy (non-hydrogen) atoms. The van der Waals surface area contributed by atoms with Gasteiger partial charge in [0.2, 0.25) is 0 Å². The first-order valence-electron chi connectivity index (χ1n) is 8.59. The van der Waals surface area contributed by atoms with Crippen molar-refractivity contribution in [2.24, 2.45) is 0 Å². The van der Waals surface area contributed by atoms with E-state index in [-0.39, 0.29) is 12.2 Å². The Morgan fingerprint density at radius 3 is 2.58 bits per heavy atom. The highest BCUT2D eigenvalue weighted by Crippen LogP contribution is 2.40. The van der Waals surface area contributed by atoms with E-state index in [9.17, 15) is 4.79 Å². The fourth-order valence-electron chi connectivity index (χ4n) is 2.97. The minimum Gasteiger partial charge on any atom is -0.390 e. The van der Waals surface area contributed by atoms with Gasteiger partial charge >= 0.3 is 0 Å². The molecule has 0 saturated heterocycles. The minimum absolute atomic E-state index is 0.113. The second-order valence-corrected chi connectivity index (χ2v) is 7.62. The number of Topliss-reactive ketones (excluding diaryl/α,β-unsaturated/α-hetero) is 1. The highest BCUT2D eigenvalue weighted by atomic mass is 35.5. The molecule has 1 aliphatic rings. The summed E-state index contributed by atoms with van der Waals surface area (Å²) in [5.74, 6) is 0.823. The van der Waals surface area contributed by atoms with Crippen LogP contribution in [0.5, 0.6) is 0 Å². The third-order valence-corrected chi connectivity index (χ3v) is 4.59. The molecule has 0 amide bonds. The Labute approximate surface area is 148 Å². The summed E-state index contributed by atoms with van der Waals surface area (Å²) >= 11 is 6.02. The number of pyridine rings is 1. The number of carbonyl (C=O) groups excluding carboxylic acids is 1. The van der Waals surface area contributed by atoms with E-state index in [1.165, 1.54) is 30.3 Å². The van der Waals surface area contributed by atoms with Crippen LogP contribution in [-0.2, 0) is 4.79 Å². The van der Waals surface area contributed by atoms with Gasteiger partial charge in [-0.15, -0.1) is 0 Å². The second kappa shape index (κ2) is 7.66. The molecule has 0 spiro atoms. The predicted molar refractivity (Wildman–Crippen MR) is 97.7 cm³/mol. The van der Waals surface area contributed by atoms with Crippen molar-refractivity contribution in [1.29, 1.82) is 0 Å². The van der Waals surface area contributed by atoms with Gasteiger partial charge in [-0.25, -0.2) is 4.52 Å². The number of ketones is 1. The van der Waals surface area contributed by atoms with Crippen molar-refractivity contribution in [1.82, 2.24) is 9.61 Å². The van der Waals surface area contributed by atoms with Gasteiger partial charge in [0.25, 0.3) is 0 Å². The highest BCUT2D eigenvalue weighted by molar-refractivity contribution is 6.30. The molecular formula is C19H27ClN2O2. The molecule has 2 aromatic rings. The molecule has 0 aromatic carbocycles. The minimum atomic E-state index is -0.826. The number of aryl methyl sites for hydroxylation is 1. The summed E-state index contributed by atoms with van der Waals surface area (Å²) < 4.78 is 1.94. The molecule has 0 unspecified atom stereocenters. The molecule has 1 saturated carbocycles. The Balaban J connectivity index is 0.000000202. The topological polar surface area (TPSA) is 54.6 Å². The molecule has 5 heteroatoms. The summed E-state index contributed by atoms with van der Waals surface area (Å²) in [4.78, 5) is 10.7. The number of fused-ring (bicyclic) bond motifs is 1. The van der Waals surface area contributed by atoms with Crippen molar-refractivity contribution in [2.75, 3.05) is 0 Å². The first-order chi connectivity index (χ1) is 11.2. The molecule has 2 aromatic heterocycles. The van der Waals surface area contributed by atoms with Crippen LogP contribution in [0.4, 0.5) is 0 Å². The summed E-state index contributed by atoms with van der Waals surface area (Å²) in [5.41, 5.74) is 2.92. The maximum absolute atomic E-state index is 10.7. The number of hydrogen-bond donors (Lipinski definition) is 1. The van der Waals surface area contributed by atoms with Gasteiger partial charge in [0, 0.05) is 29.6 Å². The third kappa shape index (κ3) is 4.81. The quantitative estimate of drug-likeness (QED) is 0.870. The Kier molecular flexibility index (Phi) is 6.05. The molecule has 0 radical (unpaired) electrons. The monoisotopic (exact) mass is 350 g/mol. The molecule has 4 nitrogen and oxygen atoms in total. The first kappa shape index (κ1) is 18.9. The number of aromatic nitrogens is 2. The number of nitrogens with zero attached hydrogens (tertiary/aromatic N) is 2. The van der Waals surface area contributed by atoms with Crippen LogP contribution in [0.3, 0.4) is 0 Å². The van der Waals surface area contributed by atoms with E-state index in [4.69, 9.17) is 16.7 Å². The van der Waals surface area contributed by atoms with E-state index in [1.54, 1.807) is 20.8 Å². The van der Waals surface area contributed by atoms with Crippen molar-refractivity contribution in [3.8, 4) is 0 Å². The van der Waals surface area contributed by atoms with Crippen molar-refractivity contribution >= 4 is 22.9 Å². The zero-order chi connectivity index (χ0) is 17.9.